The van der Waals surface area contributed by atoms with Gasteiger partial charge in [0.1, 0.15) is 11.9 Å². The first-order chi connectivity index (χ1) is 21.2. The highest BCUT2D eigenvalue weighted by molar-refractivity contribution is 6.30. The molecule has 11 heteroatoms. The third-order valence-electron chi connectivity index (χ3n) is 9.73. The van der Waals surface area contributed by atoms with Crippen LogP contribution in [0.5, 0.6) is 0 Å². The fourth-order valence-corrected chi connectivity index (χ4v) is 7.40. The SMILES string of the molecule is Cc1ccc(Cl)cc1[C@H](CCN(C)[C@@H](C(=O)O)c1ccc(F)c(C)c1C1CCN(CC(F)(F)F)CC1)N1CCN(C(C)C)CC1. The number of rotatable bonds is 11. The van der Waals surface area contributed by atoms with E-state index < -0.39 is 30.5 Å². The van der Waals surface area contributed by atoms with Gasteiger partial charge in [-0.2, -0.15) is 13.2 Å². The summed E-state index contributed by atoms with van der Waals surface area (Å²) in [4.78, 5) is 21.0. The number of aliphatic carboxylic acids is 1. The molecule has 0 bridgehead atoms. The molecule has 0 saturated carbocycles. The predicted molar refractivity (Wildman–Crippen MR) is 170 cm³/mol. The van der Waals surface area contributed by atoms with Gasteiger partial charge in [-0.1, -0.05) is 23.7 Å². The largest absolute Gasteiger partial charge is 0.480 e. The molecule has 2 aromatic carbocycles. The number of likely N-dealkylation sites (N-methyl/N-ethyl adjacent to an activating group) is 1. The van der Waals surface area contributed by atoms with Gasteiger partial charge in [0.15, 0.2) is 0 Å². The molecule has 0 unspecified atom stereocenters. The molecular weight excluding hydrogens is 608 g/mol. The van der Waals surface area contributed by atoms with Crippen LogP contribution in [0, 0.1) is 19.7 Å². The number of likely N-dealkylation sites (tertiary alicyclic amines) is 1. The van der Waals surface area contributed by atoms with Gasteiger partial charge in [-0.25, -0.2) is 4.39 Å². The molecule has 2 heterocycles. The monoisotopic (exact) mass is 654 g/mol. The summed E-state index contributed by atoms with van der Waals surface area (Å²) in [5, 5.41) is 11.2. The smallest absolute Gasteiger partial charge is 0.401 e. The molecule has 2 aromatic rings. The maximum atomic E-state index is 14.9. The van der Waals surface area contributed by atoms with Gasteiger partial charge >= 0.3 is 12.1 Å². The van der Waals surface area contributed by atoms with E-state index in [4.69, 9.17) is 11.6 Å². The molecule has 2 fully saturated rings. The highest BCUT2D eigenvalue weighted by atomic mass is 35.5. The second kappa shape index (κ2) is 15.1. The number of nitrogens with zero attached hydrogens (tertiary/aromatic N) is 4. The van der Waals surface area contributed by atoms with Crippen molar-refractivity contribution in [1.82, 2.24) is 19.6 Å². The van der Waals surface area contributed by atoms with E-state index in [1.165, 1.54) is 11.0 Å². The van der Waals surface area contributed by atoms with Crippen LogP contribution >= 0.6 is 11.6 Å². The molecule has 2 aliphatic heterocycles. The van der Waals surface area contributed by atoms with Gasteiger partial charge in [0.25, 0.3) is 0 Å². The van der Waals surface area contributed by atoms with E-state index in [0.29, 0.717) is 53.6 Å². The average Bonchev–Trinajstić information content (AvgIpc) is 2.97. The van der Waals surface area contributed by atoms with Gasteiger partial charge in [-0.05, 0) is 119 Å². The third kappa shape index (κ3) is 8.98. The summed E-state index contributed by atoms with van der Waals surface area (Å²) in [7, 11) is 1.78. The van der Waals surface area contributed by atoms with Crippen molar-refractivity contribution in [3.05, 3.63) is 69.0 Å². The molecule has 45 heavy (non-hydrogen) atoms. The third-order valence-corrected chi connectivity index (χ3v) is 9.96. The molecule has 2 atom stereocenters. The highest BCUT2D eigenvalue weighted by Crippen LogP contribution is 2.39. The number of hydrogen-bond donors (Lipinski definition) is 1. The lowest BCUT2D eigenvalue weighted by Crippen LogP contribution is -2.50. The zero-order valence-corrected chi connectivity index (χ0v) is 27.8. The number of carbonyl (C=O) groups is 1. The zero-order chi connectivity index (χ0) is 33.1. The summed E-state index contributed by atoms with van der Waals surface area (Å²) in [5.41, 5.74) is 3.76. The molecular formula is C34H47ClF4N4O2. The summed E-state index contributed by atoms with van der Waals surface area (Å²) in [6.07, 6.45) is -2.81. The summed E-state index contributed by atoms with van der Waals surface area (Å²) in [6.45, 7) is 11.7. The molecule has 1 N–H and O–H groups in total. The number of alkyl halides is 3. The van der Waals surface area contributed by atoms with Crippen molar-refractivity contribution >= 4 is 17.6 Å². The first-order valence-electron chi connectivity index (χ1n) is 15.9. The fourth-order valence-electron chi connectivity index (χ4n) is 7.22. The minimum Gasteiger partial charge on any atom is -0.480 e. The lowest BCUT2D eigenvalue weighted by Gasteiger charge is -2.42. The van der Waals surface area contributed by atoms with E-state index in [1.54, 1.807) is 20.0 Å². The number of benzene rings is 2. The minimum absolute atomic E-state index is 0.0299. The number of hydrogen-bond acceptors (Lipinski definition) is 5. The molecule has 0 aliphatic carbocycles. The number of halogens is 5. The second-order valence-corrected chi connectivity index (χ2v) is 13.5. The molecule has 6 nitrogen and oxygen atoms in total. The van der Waals surface area contributed by atoms with Crippen LogP contribution in [-0.4, -0.2) is 102 Å². The average molecular weight is 655 g/mol. The molecule has 2 aliphatic rings. The Kier molecular flexibility index (Phi) is 12.0. The summed E-state index contributed by atoms with van der Waals surface area (Å²) >= 11 is 6.45. The summed E-state index contributed by atoms with van der Waals surface area (Å²) in [6, 6.07) is 8.23. The topological polar surface area (TPSA) is 50.3 Å². The van der Waals surface area contributed by atoms with Crippen molar-refractivity contribution in [3.8, 4) is 0 Å². The Morgan fingerprint density at radius 3 is 2.20 bits per heavy atom. The number of aryl methyl sites for hydroxylation is 1. The number of carboxylic acid groups (broad SMARTS) is 1. The molecule has 4 rings (SSSR count). The molecule has 0 aromatic heterocycles. The van der Waals surface area contributed by atoms with E-state index in [2.05, 4.69) is 30.6 Å². The van der Waals surface area contributed by atoms with Crippen LogP contribution in [0.25, 0.3) is 0 Å². The highest BCUT2D eigenvalue weighted by Gasteiger charge is 2.36. The maximum Gasteiger partial charge on any atom is 0.401 e. The molecule has 2 saturated heterocycles. The lowest BCUT2D eigenvalue weighted by molar-refractivity contribution is -0.148. The van der Waals surface area contributed by atoms with Gasteiger partial charge in [-0.15, -0.1) is 0 Å². The van der Waals surface area contributed by atoms with Crippen LogP contribution in [0.4, 0.5) is 17.6 Å². The van der Waals surface area contributed by atoms with Crippen molar-refractivity contribution < 1.29 is 27.5 Å². The molecule has 0 amide bonds. The summed E-state index contributed by atoms with van der Waals surface area (Å²) < 4.78 is 53.9. The van der Waals surface area contributed by atoms with E-state index in [1.807, 2.05) is 23.1 Å². The first-order valence-corrected chi connectivity index (χ1v) is 16.3. The maximum absolute atomic E-state index is 14.9. The van der Waals surface area contributed by atoms with Gasteiger partial charge in [0.05, 0.1) is 6.54 Å². The summed E-state index contributed by atoms with van der Waals surface area (Å²) in [5.74, 6) is -1.70. The lowest BCUT2D eigenvalue weighted by atomic mass is 9.81. The van der Waals surface area contributed by atoms with E-state index in [9.17, 15) is 27.5 Å². The standard InChI is InChI=1S/C34H47ClF4N4O2/c1-22(2)42-16-18-43(19-17-42)30(28-20-26(35)7-6-23(28)3)12-13-40(5)32(33(44)45)27-8-9-29(36)24(4)31(27)25-10-14-41(15-11-25)21-34(37,38)39/h6-9,20,22,25,30,32H,10-19,21H2,1-5H3,(H,44,45)/t30-,32+/m0/s1. The van der Waals surface area contributed by atoms with E-state index >= 15 is 0 Å². The number of carboxylic acids is 1. The fraction of sp³-hybridized carbons (Fsp3) is 0.618. The minimum atomic E-state index is -4.28. The Bertz CT molecular complexity index is 1310. The quantitative estimate of drug-likeness (QED) is 0.262. The van der Waals surface area contributed by atoms with Crippen molar-refractivity contribution in [2.24, 2.45) is 0 Å². The zero-order valence-electron chi connectivity index (χ0n) is 27.0. The van der Waals surface area contributed by atoms with Crippen molar-refractivity contribution in [2.75, 3.05) is 59.4 Å². The second-order valence-electron chi connectivity index (χ2n) is 13.0. The van der Waals surface area contributed by atoms with E-state index in [-0.39, 0.29) is 25.0 Å². The Hall–Kier alpha value is -2.24. The van der Waals surface area contributed by atoms with Gasteiger partial charge in [0, 0.05) is 49.8 Å². The molecule has 250 valence electrons. The van der Waals surface area contributed by atoms with Crippen LogP contribution in [0.2, 0.25) is 5.02 Å². The van der Waals surface area contributed by atoms with Gasteiger partial charge in [-0.3, -0.25) is 24.4 Å². The van der Waals surface area contributed by atoms with Crippen LogP contribution in [0.3, 0.4) is 0 Å². The van der Waals surface area contributed by atoms with Crippen LogP contribution in [-0.2, 0) is 4.79 Å². The Morgan fingerprint density at radius 1 is 1.00 bits per heavy atom. The number of piperidine rings is 1. The Morgan fingerprint density at radius 2 is 1.62 bits per heavy atom. The molecule has 0 spiro atoms. The predicted octanol–water partition coefficient (Wildman–Crippen LogP) is 7.05. The van der Waals surface area contributed by atoms with Crippen molar-refractivity contribution in [2.45, 2.75) is 77.2 Å². The van der Waals surface area contributed by atoms with Crippen LogP contribution in [0.15, 0.2) is 30.3 Å². The molecule has 0 radical (unpaired) electrons. The normalized spacial score (nSPS) is 19.4. The van der Waals surface area contributed by atoms with Gasteiger partial charge in [0.2, 0.25) is 0 Å². The van der Waals surface area contributed by atoms with Crippen molar-refractivity contribution in [1.29, 1.82) is 0 Å². The van der Waals surface area contributed by atoms with Gasteiger partial charge < -0.3 is 5.11 Å². The Labute approximate surface area is 269 Å². The Balaban J connectivity index is 1.58. The number of piperazine rings is 1. The van der Waals surface area contributed by atoms with Crippen molar-refractivity contribution in [3.63, 3.8) is 0 Å². The first kappa shape index (κ1) is 35.6. The van der Waals surface area contributed by atoms with E-state index in [0.717, 1.165) is 37.3 Å². The van der Waals surface area contributed by atoms with Crippen LogP contribution in [0.1, 0.15) is 78.9 Å². The van der Waals surface area contributed by atoms with Crippen LogP contribution < -0.4 is 0 Å².